The molecule has 0 aliphatic heterocycles. The third kappa shape index (κ3) is 4.78. The Morgan fingerprint density at radius 3 is 2.15 bits per heavy atom. The van der Waals surface area contributed by atoms with Gasteiger partial charge in [-0.3, -0.25) is 9.52 Å². The Kier molecular flexibility index (Phi) is 5.71. The van der Waals surface area contributed by atoms with E-state index in [4.69, 9.17) is 23.2 Å². The van der Waals surface area contributed by atoms with Crippen LogP contribution in [0.5, 0.6) is 0 Å². The topological polar surface area (TPSA) is 88.2 Å². The molecule has 0 saturated heterocycles. The second-order valence-corrected chi connectivity index (χ2v) is 9.01. The summed E-state index contributed by atoms with van der Waals surface area (Å²) in [6.45, 7) is 1.63. The van der Waals surface area contributed by atoms with Crippen molar-refractivity contribution in [1.82, 2.24) is 4.98 Å². The average Bonchev–Trinajstić information content (AvgIpc) is 2.97. The first-order valence-electron chi connectivity index (χ1n) is 7.57. The van der Waals surface area contributed by atoms with E-state index >= 15 is 0 Å². The fourth-order valence-corrected chi connectivity index (χ4v) is 4.51. The van der Waals surface area contributed by atoms with Gasteiger partial charge in [-0.25, -0.2) is 13.4 Å². The number of aromatic nitrogens is 1. The summed E-state index contributed by atoms with van der Waals surface area (Å²) in [5.41, 5.74) is 0.987. The average molecular weight is 442 g/mol. The fraction of sp³-hybridized carbons (Fsp3) is 0.0588. The minimum atomic E-state index is -3.83. The van der Waals surface area contributed by atoms with Crippen molar-refractivity contribution in [3.05, 3.63) is 69.1 Å². The molecule has 1 amide bonds. The van der Waals surface area contributed by atoms with Gasteiger partial charge in [-0.05, 0) is 55.5 Å². The van der Waals surface area contributed by atoms with Crippen molar-refractivity contribution >= 4 is 61.3 Å². The Morgan fingerprint density at radius 2 is 1.56 bits per heavy atom. The van der Waals surface area contributed by atoms with E-state index < -0.39 is 10.0 Å². The summed E-state index contributed by atoms with van der Waals surface area (Å²) in [4.78, 5) is 16.9. The molecule has 0 atom stereocenters. The highest BCUT2D eigenvalue weighted by molar-refractivity contribution is 7.93. The summed E-state index contributed by atoms with van der Waals surface area (Å²) in [5, 5.41) is 3.81. The number of benzene rings is 2. The lowest BCUT2D eigenvalue weighted by molar-refractivity contribution is 0.103. The fourth-order valence-electron chi connectivity index (χ4n) is 2.16. The Hall–Kier alpha value is -2.13. The first-order valence-corrected chi connectivity index (χ1v) is 10.6. The second-order valence-electron chi connectivity index (χ2n) is 5.45. The predicted molar refractivity (Wildman–Crippen MR) is 109 cm³/mol. The van der Waals surface area contributed by atoms with Gasteiger partial charge in [0.05, 0.1) is 10.6 Å². The highest BCUT2D eigenvalue weighted by Gasteiger charge is 2.20. The maximum absolute atomic E-state index is 12.4. The molecule has 0 unspecified atom stereocenters. The Bertz CT molecular complexity index is 1080. The molecular formula is C17H13Cl2N3O3S2. The molecule has 0 radical (unpaired) electrons. The summed E-state index contributed by atoms with van der Waals surface area (Å²) >= 11 is 12.5. The van der Waals surface area contributed by atoms with Crippen LogP contribution in [0.1, 0.15) is 15.4 Å². The summed E-state index contributed by atoms with van der Waals surface area (Å²) in [5.74, 6) is -0.385. The van der Waals surface area contributed by atoms with Crippen LogP contribution in [0.2, 0.25) is 10.0 Å². The maximum atomic E-state index is 12.4. The first kappa shape index (κ1) is 19.6. The van der Waals surface area contributed by atoms with E-state index in [2.05, 4.69) is 15.0 Å². The number of thiazole rings is 1. The van der Waals surface area contributed by atoms with Crippen molar-refractivity contribution in [2.75, 3.05) is 10.0 Å². The summed E-state index contributed by atoms with van der Waals surface area (Å²) in [6, 6.07) is 12.4. The molecule has 0 bridgehead atoms. The van der Waals surface area contributed by atoms with E-state index in [1.165, 1.54) is 24.3 Å². The zero-order chi connectivity index (χ0) is 19.6. The largest absolute Gasteiger partial charge is 0.321 e. The normalized spacial score (nSPS) is 11.2. The van der Waals surface area contributed by atoms with Crippen LogP contribution in [-0.2, 0) is 10.0 Å². The zero-order valence-electron chi connectivity index (χ0n) is 13.9. The zero-order valence-corrected chi connectivity index (χ0v) is 17.0. The van der Waals surface area contributed by atoms with Crippen molar-refractivity contribution in [1.29, 1.82) is 0 Å². The summed E-state index contributed by atoms with van der Waals surface area (Å²) in [6.07, 6.45) is 0. The van der Waals surface area contributed by atoms with Gasteiger partial charge in [-0.1, -0.05) is 34.5 Å². The lowest BCUT2D eigenvalue weighted by Gasteiger charge is -2.05. The van der Waals surface area contributed by atoms with Crippen LogP contribution in [0, 0.1) is 6.92 Å². The van der Waals surface area contributed by atoms with Crippen molar-refractivity contribution in [2.45, 2.75) is 11.8 Å². The van der Waals surface area contributed by atoms with E-state index in [0.29, 0.717) is 26.3 Å². The molecule has 0 spiro atoms. The van der Waals surface area contributed by atoms with Crippen LogP contribution in [0.4, 0.5) is 10.8 Å². The van der Waals surface area contributed by atoms with E-state index in [9.17, 15) is 13.2 Å². The van der Waals surface area contributed by atoms with Gasteiger partial charge in [-0.2, -0.15) is 0 Å². The second kappa shape index (κ2) is 7.85. The van der Waals surface area contributed by atoms with Gasteiger partial charge < -0.3 is 5.32 Å². The van der Waals surface area contributed by atoms with Crippen LogP contribution in [0.25, 0.3) is 0 Å². The molecule has 1 heterocycles. The molecule has 2 N–H and O–H groups in total. The molecule has 140 valence electrons. The van der Waals surface area contributed by atoms with Crippen LogP contribution in [0.3, 0.4) is 0 Å². The van der Waals surface area contributed by atoms with Gasteiger partial charge in [0.1, 0.15) is 4.88 Å². The van der Waals surface area contributed by atoms with E-state index in [1.54, 1.807) is 31.2 Å². The van der Waals surface area contributed by atoms with Gasteiger partial charge in [0.25, 0.3) is 15.9 Å². The van der Waals surface area contributed by atoms with Crippen LogP contribution < -0.4 is 10.0 Å². The van der Waals surface area contributed by atoms with Crippen LogP contribution >= 0.6 is 34.5 Å². The lowest BCUT2D eigenvalue weighted by Crippen LogP contribution is -2.12. The predicted octanol–water partition coefficient (Wildman–Crippen LogP) is 4.81. The molecule has 6 nitrogen and oxygen atoms in total. The number of amides is 1. The SMILES string of the molecule is Cc1nc(NS(=O)(=O)c2ccc(Cl)cc2)sc1C(=O)Nc1ccc(Cl)cc1. The summed E-state index contributed by atoms with van der Waals surface area (Å²) < 4.78 is 27.2. The molecule has 3 rings (SSSR count). The number of rotatable bonds is 5. The monoisotopic (exact) mass is 441 g/mol. The smallest absolute Gasteiger partial charge is 0.267 e. The molecular weight excluding hydrogens is 429 g/mol. The molecule has 0 aliphatic rings. The third-order valence-corrected chi connectivity index (χ3v) is 6.51. The van der Waals surface area contributed by atoms with Crippen molar-refractivity contribution in [3.63, 3.8) is 0 Å². The minimum Gasteiger partial charge on any atom is -0.321 e. The molecule has 10 heteroatoms. The standard InChI is InChI=1S/C17H13Cl2N3O3S2/c1-10-15(16(23)21-13-6-2-11(18)3-7-13)26-17(20-10)22-27(24,25)14-8-4-12(19)5-9-14/h2-9H,1H3,(H,20,22)(H,21,23). The van der Waals surface area contributed by atoms with E-state index in [1.807, 2.05) is 0 Å². The first-order chi connectivity index (χ1) is 12.7. The number of nitrogens with zero attached hydrogens (tertiary/aromatic N) is 1. The van der Waals surface area contributed by atoms with E-state index in [0.717, 1.165) is 11.3 Å². The Morgan fingerprint density at radius 1 is 1.00 bits per heavy atom. The minimum absolute atomic E-state index is 0.0481. The molecule has 0 aliphatic carbocycles. The molecule has 0 fully saturated rings. The molecule has 2 aromatic carbocycles. The Balaban J connectivity index is 1.78. The van der Waals surface area contributed by atoms with Crippen LogP contribution in [0.15, 0.2) is 53.4 Å². The number of halogens is 2. The number of aryl methyl sites for hydroxylation is 1. The van der Waals surface area contributed by atoms with E-state index in [-0.39, 0.29) is 15.9 Å². The highest BCUT2D eigenvalue weighted by Crippen LogP contribution is 2.26. The number of anilines is 2. The molecule has 0 saturated carbocycles. The Labute approximate surface area is 170 Å². The number of nitrogens with one attached hydrogen (secondary N) is 2. The van der Waals surface area contributed by atoms with Gasteiger partial charge >= 0.3 is 0 Å². The number of sulfonamides is 1. The summed E-state index contributed by atoms with van der Waals surface area (Å²) in [7, 11) is -3.83. The number of hydrogen-bond acceptors (Lipinski definition) is 5. The third-order valence-electron chi connectivity index (χ3n) is 3.45. The molecule has 27 heavy (non-hydrogen) atoms. The number of carbonyl (C=O) groups is 1. The quantitative estimate of drug-likeness (QED) is 0.594. The number of hydrogen-bond donors (Lipinski definition) is 2. The van der Waals surface area contributed by atoms with Crippen molar-refractivity contribution in [3.8, 4) is 0 Å². The van der Waals surface area contributed by atoms with Gasteiger partial charge in [0.2, 0.25) is 0 Å². The van der Waals surface area contributed by atoms with Crippen molar-refractivity contribution in [2.24, 2.45) is 0 Å². The van der Waals surface area contributed by atoms with Crippen molar-refractivity contribution < 1.29 is 13.2 Å². The van der Waals surface area contributed by atoms with Crippen LogP contribution in [-0.4, -0.2) is 19.3 Å². The highest BCUT2D eigenvalue weighted by atomic mass is 35.5. The van der Waals surface area contributed by atoms with Gasteiger partial charge in [0, 0.05) is 15.7 Å². The van der Waals surface area contributed by atoms with Gasteiger partial charge in [0.15, 0.2) is 5.13 Å². The molecule has 1 aromatic heterocycles. The van der Waals surface area contributed by atoms with Gasteiger partial charge in [-0.15, -0.1) is 0 Å². The maximum Gasteiger partial charge on any atom is 0.267 e. The molecule has 3 aromatic rings. The number of carbonyl (C=O) groups excluding carboxylic acids is 1. The lowest BCUT2D eigenvalue weighted by atomic mass is 10.3.